The van der Waals surface area contributed by atoms with Gasteiger partial charge in [-0.25, -0.2) is 0 Å². The molecule has 0 amide bonds. The fourth-order valence-electron chi connectivity index (χ4n) is 6.88. The molecule has 67 heavy (non-hydrogen) atoms. The van der Waals surface area contributed by atoms with Crippen LogP contribution in [-0.2, 0) is 20.2 Å². The lowest BCUT2D eigenvalue weighted by Crippen LogP contribution is -2.31. The predicted octanol–water partition coefficient (Wildman–Crippen LogP) is 8.39. The topological polar surface area (TPSA) is 297 Å². The molecule has 0 aliphatic carbocycles. The summed E-state index contributed by atoms with van der Waals surface area (Å²) in [6, 6.07) is 19.0. The summed E-state index contributed by atoms with van der Waals surface area (Å²) in [4.78, 5) is 19.4. The van der Waals surface area contributed by atoms with Gasteiger partial charge in [0, 0.05) is 61.4 Å². The highest BCUT2D eigenvalue weighted by atomic mass is 32.2. The molecule has 0 aliphatic heterocycles. The highest BCUT2D eigenvalue weighted by Gasteiger charge is 2.20. The van der Waals surface area contributed by atoms with Crippen LogP contribution in [0.3, 0.4) is 0 Å². The van der Waals surface area contributed by atoms with Gasteiger partial charge in [0.1, 0.15) is 11.4 Å². The maximum Gasteiger partial charge on any atom is 0.294 e. The van der Waals surface area contributed by atoms with Crippen LogP contribution < -0.4 is 25.3 Å². The number of aliphatic hydroxyl groups is 2. The summed E-state index contributed by atoms with van der Waals surface area (Å²) in [6.07, 6.45) is 0. The molecular weight excluding hydrogens is 945 g/mol. The fourth-order valence-corrected chi connectivity index (χ4v) is 9.26. The molecule has 3 aromatic heterocycles. The second kappa shape index (κ2) is 21.1. The van der Waals surface area contributed by atoms with Gasteiger partial charge in [-0.2, -0.15) is 40.5 Å². The normalized spacial score (nSPS) is 12.2. The molecule has 4 aromatic carbocycles. The Hall–Kier alpha value is -6.39. The summed E-state index contributed by atoms with van der Waals surface area (Å²) in [7, 11) is -8.99. The summed E-state index contributed by atoms with van der Waals surface area (Å²) in [5, 5.41) is 45.9. The van der Waals surface area contributed by atoms with E-state index in [-0.39, 0.29) is 53.9 Å². The van der Waals surface area contributed by atoms with E-state index >= 15 is 0 Å². The third-order valence-corrected chi connectivity index (χ3v) is 13.5. The molecule has 0 radical (unpaired) electrons. The number of nitrogens with zero attached hydrogens (tertiary/aromatic N) is 12. The minimum absolute atomic E-state index is 0.0383. The molecule has 0 bridgehead atoms. The van der Waals surface area contributed by atoms with Crippen molar-refractivity contribution in [2.75, 3.05) is 77.8 Å². The minimum atomic E-state index is -4.50. The van der Waals surface area contributed by atoms with Gasteiger partial charge in [-0.3, -0.25) is 9.11 Å². The predicted molar refractivity (Wildman–Crippen MR) is 260 cm³/mol. The fraction of sp³-hybridized carbons (Fsp3) is 0.293. The lowest BCUT2D eigenvalue weighted by Gasteiger charge is -2.24. The molecule has 0 aliphatic rings. The number of benzene rings is 4. The van der Waals surface area contributed by atoms with Crippen molar-refractivity contribution in [1.29, 1.82) is 0 Å². The highest BCUT2D eigenvalue weighted by Crippen LogP contribution is 2.39. The molecular formula is C41H46N14O8S4. The number of anilines is 7. The SMILES string of the molecule is CCN(CC)c1ccc(N=Nc2snc3ccc(S(=O)(=O)O)cc23)c(Nc2nc(Nc3cc(N(CC)CC)ccc3N=Nc3snc4ccc(S(=O)(=O)O)cc34)nc(N(CCO)CCO)n2)c1. The van der Waals surface area contributed by atoms with Crippen molar-refractivity contribution in [1.82, 2.24) is 23.7 Å². The van der Waals surface area contributed by atoms with Crippen LogP contribution in [0.5, 0.6) is 0 Å². The lowest BCUT2D eigenvalue weighted by molar-refractivity contribution is 0.280. The number of fused-ring (bicyclic) bond motifs is 2. The molecule has 7 aromatic rings. The van der Waals surface area contributed by atoms with Crippen molar-refractivity contribution in [2.45, 2.75) is 37.5 Å². The Morgan fingerprint density at radius 1 is 0.552 bits per heavy atom. The smallest absolute Gasteiger partial charge is 0.294 e. The molecule has 0 saturated heterocycles. The van der Waals surface area contributed by atoms with Gasteiger partial charge >= 0.3 is 0 Å². The average molecular weight is 991 g/mol. The molecule has 6 N–H and O–H groups in total. The largest absolute Gasteiger partial charge is 0.395 e. The molecule has 7 rings (SSSR count). The monoisotopic (exact) mass is 990 g/mol. The number of aromatic nitrogens is 5. The third-order valence-electron chi connectivity index (χ3n) is 10.3. The molecule has 0 unspecified atom stereocenters. The molecule has 26 heteroatoms. The average Bonchev–Trinajstić information content (AvgIpc) is 3.91. The Kier molecular flexibility index (Phi) is 15.3. The van der Waals surface area contributed by atoms with E-state index < -0.39 is 20.2 Å². The zero-order chi connectivity index (χ0) is 47.9. The van der Waals surface area contributed by atoms with Gasteiger partial charge in [-0.15, -0.1) is 20.5 Å². The van der Waals surface area contributed by atoms with E-state index in [9.17, 15) is 36.2 Å². The number of aliphatic hydroxyl groups excluding tert-OH is 2. The van der Waals surface area contributed by atoms with Gasteiger partial charge < -0.3 is 35.5 Å². The van der Waals surface area contributed by atoms with Crippen LogP contribution >= 0.6 is 23.1 Å². The third kappa shape index (κ3) is 11.4. The Balaban J connectivity index is 1.32. The van der Waals surface area contributed by atoms with Crippen LogP contribution in [-0.4, -0.2) is 112 Å². The molecule has 0 spiro atoms. The second-order valence-corrected chi connectivity index (χ2v) is 18.7. The number of azo groups is 2. The molecule has 0 atom stereocenters. The quantitative estimate of drug-likeness (QED) is 0.0291. The van der Waals surface area contributed by atoms with Crippen LogP contribution in [0.25, 0.3) is 21.8 Å². The highest BCUT2D eigenvalue weighted by molar-refractivity contribution is 7.86. The van der Waals surface area contributed by atoms with Gasteiger partial charge in [0.25, 0.3) is 20.2 Å². The molecule has 22 nitrogen and oxygen atoms in total. The number of nitrogens with one attached hydrogen (secondary N) is 2. The zero-order valence-electron chi connectivity index (χ0n) is 36.5. The maximum absolute atomic E-state index is 11.9. The van der Waals surface area contributed by atoms with Gasteiger partial charge in [-0.05, 0) is 124 Å². The molecule has 352 valence electrons. The van der Waals surface area contributed by atoms with E-state index in [4.69, 9.17) is 15.0 Å². The Bertz CT molecular complexity index is 2970. The van der Waals surface area contributed by atoms with Crippen LogP contribution in [0.1, 0.15) is 27.7 Å². The van der Waals surface area contributed by atoms with Crippen LogP contribution in [0, 0.1) is 0 Å². The Morgan fingerprint density at radius 2 is 0.970 bits per heavy atom. The second-order valence-electron chi connectivity index (χ2n) is 14.4. The first-order chi connectivity index (χ1) is 32.1. The standard InChI is InChI=1S/C41H46N14O8S4/c1-5-53(6-2)25-9-13-33(47-49-37-29-23-27(66(58,59)60)11-15-31(29)51-64-37)35(21-25)42-39-44-40(46-41(45-39)55(17-19-56)18-20-57)43-36-22-26(54(7-3)8-4)10-14-34(36)48-50-38-30-24-28(67(61,62)63)12-16-32(30)52-65-38/h9-16,21-24,56-57H,5-8,17-20H2,1-4H3,(H,58,59,60)(H,61,62,63)(H2,42,43,44,45,46). The summed E-state index contributed by atoms with van der Waals surface area (Å²) < 4.78 is 75.8. The molecule has 0 fully saturated rings. The summed E-state index contributed by atoms with van der Waals surface area (Å²) in [5.41, 5.74) is 4.15. The van der Waals surface area contributed by atoms with E-state index in [2.05, 4.69) is 49.6 Å². The van der Waals surface area contributed by atoms with Gasteiger partial charge in [0.05, 0.1) is 45.4 Å². The Morgan fingerprint density at radius 3 is 1.34 bits per heavy atom. The van der Waals surface area contributed by atoms with Gasteiger partial charge in [-0.1, -0.05) is 0 Å². The summed E-state index contributed by atoms with van der Waals surface area (Å²) in [6.45, 7) is 10.4. The first-order valence-electron chi connectivity index (χ1n) is 20.8. The number of rotatable bonds is 21. The van der Waals surface area contributed by atoms with Crippen molar-refractivity contribution in [3.05, 3.63) is 72.8 Å². The minimum Gasteiger partial charge on any atom is -0.395 e. The van der Waals surface area contributed by atoms with Crippen molar-refractivity contribution < 1.29 is 36.2 Å². The van der Waals surface area contributed by atoms with E-state index in [0.29, 0.717) is 80.7 Å². The van der Waals surface area contributed by atoms with Crippen molar-refractivity contribution in [3.8, 4) is 0 Å². The number of hydrogen-bond acceptors (Lipinski definition) is 22. The van der Waals surface area contributed by atoms with Crippen LogP contribution in [0.15, 0.2) is 103 Å². The Labute approximate surface area is 393 Å². The van der Waals surface area contributed by atoms with E-state index in [1.165, 1.54) is 36.4 Å². The van der Waals surface area contributed by atoms with Crippen molar-refractivity contribution >= 4 is 127 Å². The summed E-state index contributed by atoms with van der Waals surface area (Å²) >= 11 is 2.00. The van der Waals surface area contributed by atoms with Crippen molar-refractivity contribution in [3.63, 3.8) is 0 Å². The van der Waals surface area contributed by atoms with E-state index in [1.807, 2.05) is 52.0 Å². The summed E-state index contributed by atoms with van der Waals surface area (Å²) in [5.74, 6) is 0.179. The first kappa shape index (κ1) is 48.5. The molecule has 0 saturated carbocycles. The van der Waals surface area contributed by atoms with Crippen molar-refractivity contribution in [2.24, 2.45) is 20.5 Å². The van der Waals surface area contributed by atoms with E-state index in [0.717, 1.165) is 34.4 Å². The van der Waals surface area contributed by atoms with Crippen LogP contribution in [0.2, 0.25) is 0 Å². The molecule has 3 heterocycles. The number of hydrogen-bond donors (Lipinski definition) is 6. The van der Waals surface area contributed by atoms with E-state index in [1.54, 1.807) is 17.0 Å². The zero-order valence-corrected chi connectivity index (χ0v) is 39.8. The maximum atomic E-state index is 11.9. The lowest BCUT2D eigenvalue weighted by atomic mass is 10.2. The van der Waals surface area contributed by atoms with Crippen LogP contribution in [0.4, 0.5) is 62.0 Å². The van der Waals surface area contributed by atoms with Gasteiger partial charge in [0.15, 0.2) is 10.0 Å². The first-order valence-corrected chi connectivity index (χ1v) is 25.2. The van der Waals surface area contributed by atoms with Gasteiger partial charge in [0.2, 0.25) is 17.8 Å².